The highest BCUT2D eigenvalue weighted by molar-refractivity contribution is 6.32. The summed E-state index contributed by atoms with van der Waals surface area (Å²) in [4.78, 5) is 15.9. The summed E-state index contributed by atoms with van der Waals surface area (Å²) in [5, 5.41) is 4.17. The third-order valence-electron chi connectivity index (χ3n) is 3.53. The van der Waals surface area contributed by atoms with Crippen molar-refractivity contribution in [2.24, 2.45) is 0 Å². The number of anilines is 1. The number of carbonyl (C=O) groups is 1. The molecule has 3 aromatic rings. The van der Waals surface area contributed by atoms with Crippen molar-refractivity contribution in [3.05, 3.63) is 48.8 Å². The number of nitrogens with zero attached hydrogens (tertiary/aromatic N) is 2. The number of amides is 2. The number of hydrogen-bond donors (Lipinski definition) is 2. The number of urea groups is 1. The largest absolute Gasteiger partial charge is 0.405 e. The van der Waals surface area contributed by atoms with Crippen LogP contribution in [0.2, 0.25) is 0 Å². The van der Waals surface area contributed by atoms with Crippen molar-refractivity contribution in [3.8, 4) is 11.3 Å². The maximum absolute atomic E-state index is 12.1. The van der Waals surface area contributed by atoms with E-state index >= 15 is 0 Å². The number of aromatic nitrogens is 2. The highest BCUT2D eigenvalue weighted by atomic mass is 27.0. The molecule has 0 aliphatic heterocycles. The van der Waals surface area contributed by atoms with Gasteiger partial charge in [0.15, 0.2) is 0 Å². The Morgan fingerprint density at radius 2 is 2.04 bits per heavy atom. The van der Waals surface area contributed by atoms with Crippen LogP contribution in [0.1, 0.15) is 0 Å². The van der Waals surface area contributed by atoms with Gasteiger partial charge in [0.25, 0.3) is 16.3 Å². The van der Waals surface area contributed by atoms with Crippen molar-refractivity contribution in [2.45, 2.75) is 6.18 Å². The molecule has 2 N–H and O–H groups in total. The fourth-order valence-corrected chi connectivity index (χ4v) is 2.82. The van der Waals surface area contributed by atoms with Crippen LogP contribution in [0.3, 0.4) is 0 Å². The van der Waals surface area contributed by atoms with Crippen molar-refractivity contribution >= 4 is 38.1 Å². The summed E-state index contributed by atoms with van der Waals surface area (Å²) in [5.41, 5.74) is 2.84. The van der Waals surface area contributed by atoms with Crippen LogP contribution in [-0.4, -0.2) is 44.4 Å². The second-order valence-corrected chi connectivity index (χ2v) is 6.73. The quantitative estimate of drug-likeness (QED) is 0.700. The first kappa shape index (κ1) is 17.3. The molecule has 2 heterocycles. The van der Waals surface area contributed by atoms with Crippen LogP contribution in [0.15, 0.2) is 48.8 Å². The third-order valence-corrected chi connectivity index (χ3v) is 4.16. The second kappa shape index (κ2) is 6.78. The summed E-state index contributed by atoms with van der Waals surface area (Å²) < 4.78 is 39.5. The van der Waals surface area contributed by atoms with Gasteiger partial charge >= 0.3 is 12.2 Å². The van der Waals surface area contributed by atoms with Gasteiger partial charge in [0.05, 0.1) is 11.9 Å². The van der Waals surface area contributed by atoms with Crippen LogP contribution in [0.25, 0.3) is 16.9 Å². The molecule has 3 rings (SSSR count). The van der Waals surface area contributed by atoms with Crippen LogP contribution in [0, 0.1) is 0 Å². The third kappa shape index (κ3) is 4.32. The molecule has 0 saturated carbocycles. The highest BCUT2D eigenvalue weighted by Gasteiger charge is 2.27. The van der Waals surface area contributed by atoms with Gasteiger partial charge in [-0.3, -0.25) is 4.40 Å². The molecular weight excluding hydrogens is 348 g/mol. The summed E-state index contributed by atoms with van der Waals surface area (Å²) in [6.45, 7) is -1.38. The molecule has 128 valence electrons. The van der Waals surface area contributed by atoms with Gasteiger partial charge in [-0.05, 0) is 18.2 Å². The topological polar surface area (TPSA) is 58.4 Å². The van der Waals surface area contributed by atoms with Gasteiger partial charge in [-0.1, -0.05) is 18.2 Å². The molecule has 0 saturated heterocycles. The van der Waals surface area contributed by atoms with E-state index in [2.05, 4.69) is 10.3 Å². The van der Waals surface area contributed by atoms with E-state index in [1.54, 1.807) is 29.7 Å². The highest BCUT2D eigenvalue weighted by Crippen LogP contribution is 2.23. The molecule has 2 aromatic heterocycles. The Morgan fingerprint density at radius 3 is 2.80 bits per heavy atom. The number of hydrogen-bond acceptors (Lipinski definition) is 2. The Morgan fingerprint density at radius 1 is 1.24 bits per heavy atom. The summed E-state index contributed by atoms with van der Waals surface area (Å²) in [5.74, 6) is 0. The minimum Gasteiger partial charge on any atom is -0.329 e. The number of carbonyl (C=O) groups excluding carboxylic acids is 1. The van der Waals surface area contributed by atoms with Gasteiger partial charge < -0.3 is 10.6 Å². The monoisotopic (exact) mass is 362 g/mol. The number of imidazole rings is 1. The molecular formula is C16H14AlF3N4O. The minimum atomic E-state index is -4.45. The van der Waals surface area contributed by atoms with Crippen molar-refractivity contribution in [2.75, 3.05) is 11.9 Å². The molecule has 0 atom stereocenters. The summed E-state index contributed by atoms with van der Waals surface area (Å²) in [6, 6.07) is 9.96. The lowest BCUT2D eigenvalue weighted by molar-refractivity contribution is -0.122. The summed E-state index contributed by atoms with van der Waals surface area (Å²) in [6.07, 6.45) is -0.800. The number of halogens is 3. The van der Waals surface area contributed by atoms with Gasteiger partial charge in [0, 0.05) is 17.4 Å². The van der Waals surface area contributed by atoms with Gasteiger partial charge in [-0.15, -0.1) is 4.43 Å². The first-order valence-corrected chi connectivity index (χ1v) is 8.47. The molecule has 0 radical (unpaired) electrons. The van der Waals surface area contributed by atoms with Gasteiger partial charge in [-0.2, -0.15) is 13.2 Å². The van der Waals surface area contributed by atoms with E-state index in [-0.39, 0.29) is 0 Å². The first-order valence-electron chi connectivity index (χ1n) is 7.47. The molecule has 0 spiro atoms. The van der Waals surface area contributed by atoms with Crippen LogP contribution in [-0.2, 0) is 0 Å². The van der Waals surface area contributed by atoms with Crippen LogP contribution in [0.5, 0.6) is 0 Å². The van der Waals surface area contributed by atoms with Crippen LogP contribution >= 0.6 is 0 Å². The number of rotatable bonds is 3. The van der Waals surface area contributed by atoms with E-state index in [4.69, 9.17) is 0 Å². The van der Waals surface area contributed by atoms with Gasteiger partial charge in [0.1, 0.15) is 12.2 Å². The van der Waals surface area contributed by atoms with E-state index < -0.39 is 18.8 Å². The maximum Gasteiger partial charge on any atom is 0.405 e. The zero-order chi connectivity index (χ0) is 18.0. The van der Waals surface area contributed by atoms with Gasteiger partial charge in [-0.25, -0.2) is 9.78 Å². The second-order valence-electron chi connectivity index (χ2n) is 5.58. The van der Waals surface area contributed by atoms with E-state index in [1.807, 2.05) is 28.8 Å². The molecule has 0 aliphatic carbocycles. The van der Waals surface area contributed by atoms with E-state index in [1.165, 1.54) is 4.43 Å². The fraction of sp³-hybridized carbons (Fsp3) is 0.125. The van der Waals surface area contributed by atoms with Crippen molar-refractivity contribution in [1.29, 1.82) is 0 Å². The molecule has 2 amide bonds. The predicted octanol–water partition coefficient (Wildman–Crippen LogP) is 1.94. The van der Waals surface area contributed by atoms with E-state index in [9.17, 15) is 18.0 Å². The SMILES string of the molecule is O=C(NCC(F)(F)F)Nc1cccc(-c2cnc3c[c]([AlH2])ccn23)c1. The van der Waals surface area contributed by atoms with E-state index in [0.29, 0.717) is 5.69 Å². The first-order chi connectivity index (χ1) is 11.8. The number of fused-ring (bicyclic) bond motifs is 1. The smallest absolute Gasteiger partial charge is 0.329 e. The van der Waals surface area contributed by atoms with Crippen molar-refractivity contribution in [3.63, 3.8) is 0 Å². The molecule has 25 heavy (non-hydrogen) atoms. The molecule has 0 fully saturated rings. The number of alkyl halides is 3. The zero-order valence-electron chi connectivity index (χ0n) is 13.3. The Kier molecular flexibility index (Phi) is 4.70. The summed E-state index contributed by atoms with van der Waals surface area (Å²) in [7, 11) is 0. The maximum atomic E-state index is 12.1. The predicted molar refractivity (Wildman–Crippen MR) is 91.9 cm³/mol. The number of benzene rings is 1. The lowest BCUT2D eigenvalue weighted by Crippen LogP contribution is -2.36. The minimum absolute atomic E-state index is 0.395. The molecule has 0 aliphatic rings. The Bertz CT molecular complexity index is 923. The Balaban J connectivity index is 1.80. The Hall–Kier alpha value is -2.50. The average Bonchev–Trinajstić information content (AvgIpc) is 2.95. The van der Waals surface area contributed by atoms with E-state index in [0.717, 1.165) is 33.2 Å². The molecule has 9 heteroatoms. The lowest BCUT2D eigenvalue weighted by atomic mass is 10.1. The molecule has 0 bridgehead atoms. The standard InChI is InChI=1S/C16H12F3N4O.Al.2H/c17-16(18,19)10-21-15(24)22-12-5-3-4-11(8-12)13-9-20-14-6-1-2-7-23(13)14;;;/h2-9H,10H2,(H2,21,22,24);;;. The number of nitrogens with one attached hydrogen (secondary N) is 2. The normalized spacial score (nSPS) is 11.5. The molecule has 5 nitrogen and oxygen atoms in total. The molecule has 0 unspecified atom stereocenters. The van der Waals surface area contributed by atoms with Crippen LogP contribution < -0.4 is 15.1 Å². The summed E-state index contributed by atoms with van der Waals surface area (Å²) >= 11 is 0.929. The number of pyridine rings is 1. The Labute approximate surface area is 149 Å². The molecule has 1 aromatic carbocycles. The zero-order valence-corrected chi connectivity index (χ0v) is 15.3. The van der Waals surface area contributed by atoms with Gasteiger partial charge in [0.2, 0.25) is 0 Å². The lowest BCUT2D eigenvalue weighted by Gasteiger charge is -2.10. The van der Waals surface area contributed by atoms with Crippen molar-refractivity contribution < 1.29 is 18.0 Å². The average molecular weight is 362 g/mol. The fourth-order valence-electron chi connectivity index (χ4n) is 2.41. The van der Waals surface area contributed by atoms with Crippen molar-refractivity contribution in [1.82, 2.24) is 14.7 Å². The van der Waals surface area contributed by atoms with Crippen LogP contribution in [0.4, 0.5) is 23.7 Å².